The van der Waals surface area contributed by atoms with Crippen LogP contribution in [0.3, 0.4) is 0 Å². The van der Waals surface area contributed by atoms with Crippen molar-refractivity contribution in [3.63, 3.8) is 0 Å². The average Bonchev–Trinajstić information content (AvgIpc) is 2.61. The second-order valence-electron chi connectivity index (χ2n) is 2.73. The van der Waals surface area contributed by atoms with E-state index in [-0.39, 0.29) is 0 Å². The number of hydrogen-bond acceptors (Lipinski definition) is 3. The lowest BCUT2D eigenvalue weighted by Gasteiger charge is -1.96. The van der Waals surface area contributed by atoms with Gasteiger partial charge in [-0.05, 0) is 4.90 Å². The molecule has 1 aromatic heterocycles. The summed E-state index contributed by atoms with van der Waals surface area (Å²) in [6.07, 6.45) is 0. The zero-order valence-electron chi connectivity index (χ0n) is 7.18. The van der Waals surface area contributed by atoms with Crippen LogP contribution in [0.15, 0.2) is 35.0 Å². The highest BCUT2D eigenvalue weighted by Crippen LogP contribution is 2.19. The molecule has 0 radical (unpaired) electrons. The van der Waals surface area contributed by atoms with Crippen LogP contribution in [0.25, 0.3) is 11.3 Å². The van der Waals surface area contributed by atoms with Crippen LogP contribution in [0.2, 0.25) is 0 Å². The van der Waals surface area contributed by atoms with E-state index in [1.165, 1.54) is 0 Å². The summed E-state index contributed by atoms with van der Waals surface area (Å²) in [6.45, 7) is 0. The van der Waals surface area contributed by atoms with E-state index in [2.05, 4.69) is 25.7 Å². The molecule has 0 aliphatic carbocycles. The van der Waals surface area contributed by atoms with Gasteiger partial charge in [0, 0.05) is 10.7 Å². The van der Waals surface area contributed by atoms with Gasteiger partial charge < -0.3 is 5.21 Å². The zero-order chi connectivity index (χ0) is 9.97. The predicted octanol–water partition coefficient (Wildman–Crippen LogP) is 1.87. The molecule has 0 aliphatic heterocycles. The van der Waals surface area contributed by atoms with Gasteiger partial charge in [-0.2, -0.15) is 0 Å². The molecule has 72 valence electrons. The third-order valence-electron chi connectivity index (χ3n) is 1.85. The Morgan fingerprint density at radius 3 is 2.71 bits per heavy atom. The van der Waals surface area contributed by atoms with Crippen LogP contribution in [0.1, 0.15) is 5.69 Å². The molecule has 0 N–H and O–H groups in total. The average molecular weight is 255 g/mol. The molecule has 0 amide bonds. The van der Waals surface area contributed by atoms with Crippen molar-refractivity contribution < 1.29 is 9.53 Å². The van der Waals surface area contributed by atoms with Gasteiger partial charge in [0.1, 0.15) is 0 Å². The highest BCUT2D eigenvalue weighted by atomic mass is 79.9. The fourth-order valence-electron chi connectivity index (χ4n) is 1.23. The summed E-state index contributed by atoms with van der Waals surface area (Å²) in [5, 5.41) is 15.4. The SMILES string of the molecule is [O-][n+]1onc(CBr)c1-c1ccccc1. The van der Waals surface area contributed by atoms with Crippen LogP contribution in [-0.2, 0) is 5.33 Å². The molecule has 0 bridgehead atoms. The molecule has 1 heterocycles. The number of benzene rings is 1. The Balaban J connectivity index is 2.55. The van der Waals surface area contributed by atoms with Gasteiger partial charge in [0.15, 0.2) is 0 Å². The number of alkyl halides is 1. The fourth-order valence-corrected chi connectivity index (χ4v) is 1.60. The summed E-state index contributed by atoms with van der Waals surface area (Å²) in [6, 6.07) is 9.29. The van der Waals surface area contributed by atoms with Gasteiger partial charge in [0.25, 0.3) is 0 Å². The summed E-state index contributed by atoms with van der Waals surface area (Å²) < 4.78 is 4.52. The maximum absolute atomic E-state index is 11.3. The second-order valence-corrected chi connectivity index (χ2v) is 3.29. The van der Waals surface area contributed by atoms with E-state index >= 15 is 0 Å². The molecule has 0 fully saturated rings. The summed E-state index contributed by atoms with van der Waals surface area (Å²) in [5.41, 5.74) is 1.87. The molecule has 2 aromatic rings. The molecule has 0 unspecified atom stereocenters. The van der Waals surface area contributed by atoms with Crippen molar-refractivity contribution in [2.45, 2.75) is 5.33 Å². The fraction of sp³-hybridized carbons (Fsp3) is 0.111. The van der Waals surface area contributed by atoms with Crippen molar-refractivity contribution >= 4 is 15.9 Å². The topological polar surface area (TPSA) is 53.0 Å². The number of nitrogens with zero attached hydrogens (tertiary/aromatic N) is 2. The molecule has 1 aromatic carbocycles. The van der Waals surface area contributed by atoms with Crippen molar-refractivity contribution in [2.75, 3.05) is 0 Å². The third-order valence-corrected chi connectivity index (χ3v) is 2.39. The van der Waals surface area contributed by atoms with E-state index in [1.54, 1.807) is 0 Å². The van der Waals surface area contributed by atoms with Crippen LogP contribution in [0, 0.1) is 5.21 Å². The van der Waals surface area contributed by atoms with E-state index in [1.807, 2.05) is 30.3 Å². The zero-order valence-corrected chi connectivity index (χ0v) is 8.77. The molecular formula is C9H7BrN2O2. The standard InChI is InChI=1S/C9H7BrN2O2/c10-6-8-9(12(13)14-11-8)7-4-2-1-3-5-7/h1-5H,6H2. The summed E-state index contributed by atoms with van der Waals surface area (Å²) in [4.78, 5) is 0.423. The number of halogens is 1. The van der Waals surface area contributed by atoms with Gasteiger partial charge in [0.2, 0.25) is 11.4 Å². The quantitative estimate of drug-likeness (QED) is 0.608. The van der Waals surface area contributed by atoms with Gasteiger partial charge >= 0.3 is 0 Å². The summed E-state index contributed by atoms with van der Waals surface area (Å²) in [7, 11) is 0. The summed E-state index contributed by atoms with van der Waals surface area (Å²) >= 11 is 3.24. The van der Waals surface area contributed by atoms with Crippen molar-refractivity contribution in [1.82, 2.24) is 5.16 Å². The highest BCUT2D eigenvalue weighted by molar-refractivity contribution is 9.08. The number of aromatic nitrogens is 2. The number of hydrogen-bond donors (Lipinski definition) is 0. The van der Waals surface area contributed by atoms with Crippen molar-refractivity contribution in [3.8, 4) is 11.3 Å². The number of rotatable bonds is 2. The largest absolute Gasteiger partial charge is 0.359 e. The molecule has 4 nitrogen and oxygen atoms in total. The van der Waals surface area contributed by atoms with E-state index < -0.39 is 0 Å². The molecule has 0 spiro atoms. The van der Waals surface area contributed by atoms with Crippen molar-refractivity contribution in [1.29, 1.82) is 0 Å². The highest BCUT2D eigenvalue weighted by Gasteiger charge is 2.18. The van der Waals surface area contributed by atoms with Gasteiger partial charge in [-0.15, -0.1) is 0 Å². The van der Waals surface area contributed by atoms with Crippen LogP contribution >= 0.6 is 15.9 Å². The van der Waals surface area contributed by atoms with Gasteiger partial charge in [0.05, 0.1) is 5.33 Å². The minimum atomic E-state index is 0.423. The Morgan fingerprint density at radius 1 is 1.36 bits per heavy atom. The van der Waals surface area contributed by atoms with Crippen LogP contribution in [0.4, 0.5) is 0 Å². The van der Waals surface area contributed by atoms with E-state index in [4.69, 9.17) is 0 Å². The molecule has 2 rings (SSSR count). The van der Waals surface area contributed by atoms with E-state index in [9.17, 15) is 5.21 Å². The Hall–Kier alpha value is -1.36. The third kappa shape index (κ3) is 1.50. The maximum Gasteiger partial charge on any atom is 0.236 e. The Labute approximate surface area is 88.8 Å². The van der Waals surface area contributed by atoms with Crippen molar-refractivity contribution in [2.24, 2.45) is 0 Å². The minimum absolute atomic E-state index is 0.423. The minimum Gasteiger partial charge on any atom is -0.359 e. The predicted molar refractivity (Wildman–Crippen MR) is 53.5 cm³/mol. The van der Waals surface area contributed by atoms with Gasteiger partial charge in [-0.3, -0.25) is 4.63 Å². The Bertz CT molecular complexity index is 428. The van der Waals surface area contributed by atoms with E-state index in [0.29, 0.717) is 21.6 Å². The van der Waals surface area contributed by atoms with Gasteiger partial charge in [-0.1, -0.05) is 46.3 Å². The second kappa shape index (κ2) is 3.79. The molecule has 0 saturated carbocycles. The first-order chi connectivity index (χ1) is 6.83. The first kappa shape index (κ1) is 9.21. The molecular weight excluding hydrogens is 248 g/mol. The molecule has 14 heavy (non-hydrogen) atoms. The maximum atomic E-state index is 11.3. The van der Waals surface area contributed by atoms with Gasteiger partial charge in [-0.25, -0.2) is 0 Å². The van der Waals surface area contributed by atoms with Crippen molar-refractivity contribution in [3.05, 3.63) is 41.2 Å². The lowest BCUT2D eigenvalue weighted by atomic mass is 10.1. The Kier molecular flexibility index (Phi) is 2.49. The van der Waals surface area contributed by atoms with Crippen LogP contribution in [0.5, 0.6) is 0 Å². The van der Waals surface area contributed by atoms with E-state index in [0.717, 1.165) is 5.56 Å². The smallest absolute Gasteiger partial charge is 0.236 e. The molecule has 0 atom stereocenters. The first-order valence-corrected chi connectivity index (χ1v) is 5.15. The van der Waals surface area contributed by atoms with Crippen LogP contribution in [-0.4, -0.2) is 5.16 Å². The Morgan fingerprint density at radius 2 is 2.07 bits per heavy atom. The normalized spacial score (nSPS) is 10.4. The first-order valence-electron chi connectivity index (χ1n) is 4.03. The lowest BCUT2D eigenvalue weighted by Crippen LogP contribution is -2.25. The molecule has 0 aliphatic rings. The lowest BCUT2D eigenvalue weighted by molar-refractivity contribution is -0.793. The summed E-state index contributed by atoms with van der Waals surface area (Å²) in [5.74, 6) is 0. The monoisotopic (exact) mass is 254 g/mol. The van der Waals surface area contributed by atoms with Crippen LogP contribution < -0.4 is 4.90 Å². The molecule has 0 saturated heterocycles. The molecule has 5 heteroatoms.